The van der Waals surface area contributed by atoms with Crippen LogP contribution < -0.4 is 5.56 Å². The van der Waals surface area contributed by atoms with Gasteiger partial charge in [-0.1, -0.05) is 20.3 Å². The number of hydrogen-bond donors (Lipinski definition) is 1. The largest absolute Gasteiger partial charge is 0.310 e. The maximum atomic E-state index is 11.8. The highest BCUT2D eigenvalue weighted by Gasteiger charge is 2.41. The molecule has 3 rings (SSSR count). The lowest BCUT2D eigenvalue weighted by molar-refractivity contribution is 0.403. The first-order valence-electron chi connectivity index (χ1n) is 7.22. The van der Waals surface area contributed by atoms with Crippen LogP contribution in [-0.2, 0) is 6.42 Å². The van der Waals surface area contributed by atoms with Gasteiger partial charge in [0.15, 0.2) is 0 Å². The Balaban J connectivity index is 1.87. The molecular weight excluding hydrogens is 224 g/mol. The van der Waals surface area contributed by atoms with E-state index in [1.807, 2.05) is 0 Å². The summed E-state index contributed by atoms with van der Waals surface area (Å²) in [6.45, 7) is 4.33. The van der Waals surface area contributed by atoms with E-state index in [0.29, 0.717) is 11.8 Å². The second-order valence-corrected chi connectivity index (χ2v) is 6.50. The summed E-state index contributed by atoms with van der Waals surface area (Å²) in [5.41, 5.74) is 0.991. The Kier molecular flexibility index (Phi) is 3.00. The fourth-order valence-corrected chi connectivity index (χ4v) is 3.81. The molecule has 0 aromatic carbocycles. The van der Waals surface area contributed by atoms with Gasteiger partial charge in [-0.2, -0.15) is 0 Å². The van der Waals surface area contributed by atoms with Gasteiger partial charge in [0.05, 0.1) is 0 Å². The zero-order chi connectivity index (χ0) is 12.7. The molecule has 3 heteroatoms. The molecule has 1 aromatic heterocycles. The monoisotopic (exact) mass is 246 g/mol. The summed E-state index contributed by atoms with van der Waals surface area (Å²) in [5, 5.41) is 0. The molecule has 0 amide bonds. The average molecular weight is 246 g/mol. The maximum absolute atomic E-state index is 11.8. The van der Waals surface area contributed by atoms with E-state index in [9.17, 15) is 4.79 Å². The molecule has 2 fully saturated rings. The molecule has 18 heavy (non-hydrogen) atoms. The van der Waals surface area contributed by atoms with Crippen molar-refractivity contribution in [3.05, 3.63) is 27.9 Å². The average Bonchev–Trinajstić information content (AvgIpc) is 2.88. The highest BCUT2D eigenvalue weighted by atomic mass is 16.1. The predicted octanol–water partition coefficient (Wildman–Crippen LogP) is 2.87. The summed E-state index contributed by atoms with van der Waals surface area (Å²) in [6, 6.07) is 1.66. The Morgan fingerprint density at radius 2 is 2.22 bits per heavy atom. The number of rotatable bonds is 3. The minimum absolute atomic E-state index is 0.0263. The van der Waals surface area contributed by atoms with E-state index >= 15 is 0 Å². The Morgan fingerprint density at radius 1 is 1.39 bits per heavy atom. The van der Waals surface area contributed by atoms with Gasteiger partial charge in [0.25, 0.3) is 5.56 Å². The molecule has 2 saturated carbocycles. The van der Waals surface area contributed by atoms with E-state index in [1.165, 1.54) is 25.7 Å². The first-order valence-corrected chi connectivity index (χ1v) is 7.22. The van der Waals surface area contributed by atoms with Crippen LogP contribution in [0.2, 0.25) is 0 Å². The SMILES string of the molecule is CC(C)Cc1cc(=O)[nH]c(C2CC3CCC2C3)n1. The smallest absolute Gasteiger partial charge is 0.251 e. The van der Waals surface area contributed by atoms with E-state index in [4.69, 9.17) is 4.98 Å². The lowest BCUT2D eigenvalue weighted by Gasteiger charge is -2.21. The molecule has 0 saturated heterocycles. The summed E-state index contributed by atoms with van der Waals surface area (Å²) in [5.74, 6) is 3.69. The number of fused-ring (bicyclic) bond motifs is 2. The first-order chi connectivity index (χ1) is 8.61. The van der Waals surface area contributed by atoms with Crippen LogP contribution in [-0.4, -0.2) is 9.97 Å². The van der Waals surface area contributed by atoms with Crippen molar-refractivity contribution >= 4 is 0 Å². The molecule has 2 bridgehead atoms. The molecule has 3 atom stereocenters. The molecule has 2 aliphatic carbocycles. The van der Waals surface area contributed by atoms with Crippen molar-refractivity contribution in [2.75, 3.05) is 0 Å². The van der Waals surface area contributed by atoms with Crippen LogP contribution in [0.5, 0.6) is 0 Å². The van der Waals surface area contributed by atoms with Crippen LogP contribution in [0.25, 0.3) is 0 Å². The molecule has 0 radical (unpaired) electrons. The fourth-order valence-electron chi connectivity index (χ4n) is 3.81. The summed E-state index contributed by atoms with van der Waals surface area (Å²) < 4.78 is 0. The molecule has 3 nitrogen and oxygen atoms in total. The minimum Gasteiger partial charge on any atom is -0.310 e. The van der Waals surface area contributed by atoms with Crippen LogP contribution in [0.4, 0.5) is 0 Å². The van der Waals surface area contributed by atoms with Crippen LogP contribution in [0.3, 0.4) is 0 Å². The first kappa shape index (κ1) is 11.9. The maximum Gasteiger partial charge on any atom is 0.251 e. The van der Waals surface area contributed by atoms with Crippen LogP contribution >= 0.6 is 0 Å². The quantitative estimate of drug-likeness (QED) is 0.891. The normalized spacial score (nSPS) is 30.3. The standard InChI is InChI=1S/C15H22N2O/c1-9(2)5-12-8-14(18)17-15(16-12)13-7-10-3-4-11(13)6-10/h8-11,13H,3-7H2,1-2H3,(H,16,17,18). The van der Waals surface area contributed by atoms with Crippen molar-refractivity contribution in [3.63, 3.8) is 0 Å². The third-order valence-corrected chi connectivity index (χ3v) is 4.52. The van der Waals surface area contributed by atoms with Gasteiger partial charge in [0.2, 0.25) is 0 Å². The molecule has 1 aromatic rings. The van der Waals surface area contributed by atoms with Crippen LogP contribution in [0, 0.1) is 17.8 Å². The number of H-pyrrole nitrogens is 1. The van der Waals surface area contributed by atoms with Crippen molar-refractivity contribution < 1.29 is 0 Å². The number of aromatic nitrogens is 2. The Morgan fingerprint density at radius 3 is 2.83 bits per heavy atom. The second kappa shape index (κ2) is 4.52. The summed E-state index contributed by atoms with van der Waals surface area (Å²) >= 11 is 0. The van der Waals surface area contributed by atoms with Gasteiger partial charge in [0, 0.05) is 17.7 Å². The van der Waals surface area contributed by atoms with Gasteiger partial charge >= 0.3 is 0 Å². The summed E-state index contributed by atoms with van der Waals surface area (Å²) in [7, 11) is 0. The van der Waals surface area contributed by atoms with Gasteiger partial charge in [-0.3, -0.25) is 4.79 Å². The van der Waals surface area contributed by atoms with Crippen molar-refractivity contribution in [2.24, 2.45) is 17.8 Å². The third kappa shape index (κ3) is 2.23. The molecule has 3 unspecified atom stereocenters. The van der Waals surface area contributed by atoms with Crippen molar-refractivity contribution in [3.8, 4) is 0 Å². The molecular formula is C15H22N2O. The summed E-state index contributed by atoms with van der Waals surface area (Å²) in [6.07, 6.45) is 6.20. The Bertz CT molecular complexity index is 492. The molecule has 98 valence electrons. The van der Waals surface area contributed by atoms with Gasteiger partial charge in [-0.15, -0.1) is 0 Å². The predicted molar refractivity (Wildman–Crippen MR) is 71.6 cm³/mol. The molecule has 2 aliphatic rings. The van der Waals surface area contributed by atoms with E-state index in [-0.39, 0.29) is 5.56 Å². The minimum atomic E-state index is 0.0263. The van der Waals surface area contributed by atoms with Gasteiger partial charge in [-0.25, -0.2) is 4.98 Å². The van der Waals surface area contributed by atoms with Crippen LogP contribution in [0.15, 0.2) is 10.9 Å². The van der Waals surface area contributed by atoms with Crippen molar-refractivity contribution in [1.82, 2.24) is 9.97 Å². The summed E-state index contributed by atoms with van der Waals surface area (Å²) in [4.78, 5) is 19.5. The van der Waals surface area contributed by atoms with E-state index in [1.54, 1.807) is 6.07 Å². The number of hydrogen-bond acceptors (Lipinski definition) is 2. The number of aromatic amines is 1. The lowest BCUT2D eigenvalue weighted by atomic mass is 9.88. The zero-order valence-electron chi connectivity index (χ0n) is 11.3. The van der Waals surface area contributed by atoms with E-state index in [0.717, 1.165) is 29.8 Å². The van der Waals surface area contributed by atoms with Gasteiger partial charge in [-0.05, 0) is 43.4 Å². The number of nitrogens with zero attached hydrogens (tertiary/aromatic N) is 1. The molecule has 0 spiro atoms. The Labute approximate surface area is 108 Å². The molecule has 1 heterocycles. The lowest BCUT2D eigenvalue weighted by Crippen LogP contribution is -2.19. The highest BCUT2D eigenvalue weighted by molar-refractivity contribution is 5.11. The zero-order valence-corrected chi connectivity index (χ0v) is 11.3. The molecule has 1 N–H and O–H groups in total. The highest BCUT2D eigenvalue weighted by Crippen LogP contribution is 2.51. The van der Waals surface area contributed by atoms with E-state index < -0.39 is 0 Å². The van der Waals surface area contributed by atoms with Crippen molar-refractivity contribution in [2.45, 2.75) is 51.9 Å². The Hall–Kier alpha value is -1.12. The van der Waals surface area contributed by atoms with E-state index in [2.05, 4.69) is 18.8 Å². The molecule has 0 aliphatic heterocycles. The topological polar surface area (TPSA) is 45.8 Å². The van der Waals surface area contributed by atoms with Gasteiger partial charge in [0.1, 0.15) is 5.82 Å². The fraction of sp³-hybridized carbons (Fsp3) is 0.733. The third-order valence-electron chi connectivity index (χ3n) is 4.52. The number of nitrogens with one attached hydrogen (secondary N) is 1. The van der Waals surface area contributed by atoms with Crippen LogP contribution in [0.1, 0.15) is 57.0 Å². The second-order valence-electron chi connectivity index (χ2n) is 6.50. The van der Waals surface area contributed by atoms with Gasteiger partial charge < -0.3 is 4.98 Å². The van der Waals surface area contributed by atoms with Crippen molar-refractivity contribution in [1.29, 1.82) is 0 Å².